The van der Waals surface area contributed by atoms with Crippen LogP contribution in [0.5, 0.6) is 11.5 Å². The first-order valence-corrected chi connectivity index (χ1v) is 9.77. The minimum absolute atomic E-state index is 0.103. The van der Waals surface area contributed by atoms with E-state index in [0.29, 0.717) is 30.3 Å². The van der Waals surface area contributed by atoms with E-state index in [4.69, 9.17) is 19.9 Å². The highest BCUT2D eigenvalue weighted by atomic mass is 16.5. The molecule has 30 heavy (non-hydrogen) atoms. The fourth-order valence-electron chi connectivity index (χ4n) is 2.57. The topological polar surface area (TPSA) is 95.2 Å². The van der Waals surface area contributed by atoms with Crippen LogP contribution < -0.4 is 20.5 Å². The van der Waals surface area contributed by atoms with Crippen LogP contribution >= 0.6 is 0 Å². The summed E-state index contributed by atoms with van der Waals surface area (Å²) in [5, 5.41) is 2.97. The monoisotopic (exact) mass is 411 g/mol. The van der Waals surface area contributed by atoms with E-state index in [0.717, 1.165) is 12.1 Å². The summed E-state index contributed by atoms with van der Waals surface area (Å²) in [5.41, 5.74) is 7.14. The number of nitrogens with zero attached hydrogens (tertiary/aromatic N) is 1. The number of benzene rings is 2. The van der Waals surface area contributed by atoms with Crippen LogP contribution in [0.2, 0.25) is 0 Å². The summed E-state index contributed by atoms with van der Waals surface area (Å²) in [6.45, 7) is 5.36. The maximum atomic E-state index is 12.6. The van der Waals surface area contributed by atoms with Crippen molar-refractivity contribution in [1.82, 2.24) is 5.32 Å². The molecule has 0 radical (unpaired) electrons. The highest BCUT2D eigenvalue weighted by molar-refractivity contribution is 6.06. The molecule has 1 unspecified atom stereocenters. The number of ether oxygens (including phenoxy) is 3. The van der Waals surface area contributed by atoms with Gasteiger partial charge in [0.25, 0.3) is 5.91 Å². The van der Waals surface area contributed by atoms with Crippen LogP contribution in [-0.4, -0.2) is 38.1 Å². The highest BCUT2D eigenvalue weighted by Gasteiger charge is 2.12. The maximum Gasteiger partial charge on any atom is 0.279 e. The third kappa shape index (κ3) is 7.97. The second kappa shape index (κ2) is 12.3. The van der Waals surface area contributed by atoms with Crippen LogP contribution in [0.1, 0.15) is 29.8 Å². The normalized spacial score (nSPS) is 12.6. The van der Waals surface area contributed by atoms with E-state index in [1.807, 2.05) is 44.2 Å². The van der Waals surface area contributed by atoms with Crippen LogP contribution in [0.4, 0.5) is 0 Å². The number of carbonyl (C=O) groups is 1. The van der Waals surface area contributed by atoms with E-state index < -0.39 is 5.91 Å². The van der Waals surface area contributed by atoms with E-state index in [9.17, 15) is 4.79 Å². The molecule has 1 amide bonds. The molecule has 2 aromatic carbocycles. The summed E-state index contributed by atoms with van der Waals surface area (Å²) in [4.78, 5) is 16.5. The Morgan fingerprint density at radius 1 is 1.20 bits per heavy atom. The van der Waals surface area contributed by atoms with Gasteiger partial charge in [-0.25, -0.2) is 0 Å². The lowest BCUT2D eigenvalue weighted by Gasteiger charge is -2.16. The number of rotatable bonds is 11. The van der Waals surface area contributed by atoms with Crippen LogP contribution in [0, 0.1) is 0 Å². The third-order valence-electron chi connectivity index (χ3n) is 3.92. The van der Waals surface area contributed by atoms with Gasteiger partial charge in [-0.05, 0) is 37.6 Å². The lowest BCUT2D eigenvalue weighted by atomic mass is 10.2. The number of methoxy groups -OCH3 is 1. The Bertz CT molecular complexity index is 866. The molecule has 1 atom stereocenters. The zero-order valence-electron chi connectivity index (χ0n) is 17.6. The number of amides is 1. The van der Waals surface area contributed by atoms with Crippen LogP contribution in [0.3, 0.4) is 0 Å². The van der Waals surface area contributed by atoms with Gasteiger partial charge < -0.3 is 25.3 Å². The van der Waals surface area contributed by atoms with E-state index in [-0.39, 0.29) is 11.9 Å². The molecule has 0 aliphatic heterocycles. The predicted octanol–water partition coefficient (Wildman–Crippen LogP) is 3.30. The number of hydrogen-bond donors (Lipinski definition) is 2. The van der Waals surface area contributed by atoms with Crippen molar-refractivity contribution in [1.29, 1.82) is 0 Å². The molecular formula is C23H29N3O4. The first-order chi connectivity index (χ1) is 14.5. The average Bonchev–Trinajstić information content (AvgIpc) is 2.73. The molecule has 2 rings (SSSR count). The Morgan fingerprint density at radius 3 is 2.63 bits per heavy atom. The van der Waals surface area contributed by atoms with E-state index in [2.05, 4.69) is 10.3 Å². The average molecular weight is 412 g/mol. The van der Waals surface area contributed by atoms with Crippen LogP contribution in [0.15, 0.2) is 65.8 Å². The SMILES string of the molecule is CCN/C=C\C(N)=NC(=O)c1cc(OCc2ccccc2)cc(OC(C)COC)c1. The Kier molecular flexibility index (Phi) is 9.40. The van der Waals surface area contributed by atoms with Crippen LogP contribution in [0.25, 0.3) is 0 Å². The molecule has 0 fully saturated rings. The molecule has 0 bridgehead atoms. The van der Waals surface area contributed by atoms with E-state index >= 15 is 0 Å². The zero-order valence-corrected chi connectivity index (χ0v) is 17.6. The molecule has 0 aliphatic rings. The number of nitrogens with two attached hydrogens (primary N) is 1. The number of carbonyl (C=O) groups excluding carboxylic acids is 1. The summed E-state index contributed by atoms with van der Waals surface area (Å²) < 4.78 is 16.9. The Labute approximate surface area is 177 Å². The lowest BCUT2D eigenvalue weighted by Crippen LogP contribution is -2.18. The summed E-state index contributed by atoms with van der Waals surface area (Å²) >= 11 is 0. The smallest absolute Gasteiger partial charge is 0.279 e. The maximum absolute atomic E-state index is 12.6. The van der Waals surface area contributed by atoms with Crippen molar-refractivity contribution in [2.75, 3.05) is 20.3 Å². The summed E-state index contributed by atoms with van der Waals surface area (Å²) in [5.74, 6) is 0.613. The van der Waals surface area contributed by atoms with Gasteiger partial charge in [-0.15, -0.1) is 0 Å². The first-order valence-electron chi connectivity index (χ1n) is 9.77. The predicted molar refractivity (Wildman–Crippen MR) is 118 cm³/mol. The summed E-state index contributed by atoms with van der Waals surface area (Å²) in [6, 6.07) is 14.8. The van der Waals surface area contributed by atoms with Crippen molar-refractivity contribution in [3.05, 3.63) is 71.9 Å². The Hall–Kier alpha value is -3.32. The van der Waals surface area contributed by atoms with Gasteiger partial charge in [0.1, 0.15) is 30.0 Å². The van der Waals surface area contributed by atoms with Gasteiger partial charge in [-0.3, -0.25) is 4.79 Å². The molecule has 0 saturated carbocycles. The van der Waals surface area contributed by atoms with Gasteiger partial charge in [-0.1, -0.05) is 30.3 Å². The number of hydrogen-bond acceptors (Lipinski definition) is 5. The Morgan fingerprint density at radius 2 is 1.93 bits per heavy atom. The molecule has 0 saturated heterocycles. The summed E-state index contributed by atoms with van der Waals surface area (Å²) in [7, 11) is 1.60. The second-order valence-corrected chi connectivity index (χ2v) is 6.58. The van der Waals surface area contributed by atoms with Gasteiger partial charge >= 0.3 is 0 Å². The molecule has 0 heterocycles. The number of aliphatic imine (C=N–C) groups is 1. The molecule has 7 heteroatoms. The number of nitrogens with one attached hydrogen (secondary N) is 1. The van der Waals surface area contributed by atoms with Crippen molar-refractivity contribution in [3.63, 3.8) is 0 Å². The zero-order chi connectivity index (χ0) is 21.8. The van der Waals surface area contributed by atoms with E-state index in [1.54, 1.807) is 31.5 Å². The molecule has 160 valence electrons. The van der Waals surface area contributed by atoms with Gasteiger partial charge in [0.2, 0.25) is 0 Å². The van der Waals surface area contributed by atoms with Crippen molar-refractivity contribution < 1.29 is 19.0 Å². The minimum Gasteiger partial charge on any atom is -0.489 e. The standard InChI is InChI=1S/C23H29N3O4/c1-4-25-11-10-22(24)26-23(27)19-12-20(29-16-18-8-6-5-7-9-18)14-21(13-19)30-17(2)15-28-3/h5-14,17,25H,4,15-16H2,1-3H3,(H2,24,26,27)/b11-10-. The number of amidine groups is 1. The highest BCUT2D eigenvalue weighted by Crippen LogP contribution is 2.25. The lowest BCUT2D eigenvalue weighted by molar-refractivity contribution is 0.0913. The minimum atomic E-state index is -0.483. The van der Waals surface area contributed by atoms with Gasteiger partial charge in [-0.2, -0.15) is 4.99 Å². The van der Waals surface area contributed by atoms with Crippen molar-refractivity contribution in [3.8, 4) is 11.5 Å². The van der Waals surface area contributed by atoms with Crippen molar-refractivity contribution in [2.24, 2.45) is 10.7 Å². The van der Waals surface area contributed by atoms with Gasteiger partial charge in [0.15, 0.2) is 0 Å². The molecule has 0 spiro atoms. The van der Waals surface area contributed by atoms with Gasteiger partial charge in [0, 0.05) is 31.5 Å². The quantitative estimate of drug-likeness (QED) is 0.435. The van der Waals surface area contributed by atoms with Crippen molar-refractivity contribution >= 4 is 11.7 Å². The molecule has 3 N–H and O–H groups in total. The Balaban J connectivity index is 2.23. The third-order valence-corrected chi connectivity index (χ3v) is 3.92. The molecule has 7 nitrogen and oxygen atoms in total. The summed E-state index contributed by atoms with van der Waals surface area (Å²) in [6.07, 6.45) is 2.99. The largest absolute Gasteiger partial charge is 0.489 e. The fourth-order valence-corrected chi connectivity index (χ4v) is 2.57. The molecular weight excluding hydrogens is 382 g/mol. The fraction of sp³-hybridized carbons (Fsp3) is 0.304. The molecule has 0 aliphatic carbocycles. The van der Waals surface area contributed by atoms with Crippen molar-refractivity contribution in [2.45, 2.75) is 26.6 Å². The molecule has 0 aromatic heterocycles. The van der Waals surface area contributed by atoms with Gasteiger partial charge in [0.05, 0.1) is 6.61 Å². The van der Waals surface area contributed by atoms with Crippen LogP contribution in [-0.2, 0) is 11.3 Å². The van der Waals surface area contributed by atoms with E-state index in [1.165, 1.54) is 6.08 Å². The molecule has 2 aromatic rings. The second-order valence-electron chi connectivity index (χ2n) is 6.58. The first kappa shape index (κ1) is 23.0.